The molecule has 0 amide bonds. The number of hydrogen-bond acceptors (Lipinski definition) is 3. The van der Waals surface area contributed by atoms with E-state index < -0.39 is 5.41 Å². The van der Waals surface area contributed by atoms with Gasteiger partial charge in [0.05, 0.1) is 12.0 Å². The van der Waals surface area contributed by atoms with Gasteiger partial charge in [-0.3, -0.25) is 4.79 Å². The van der Waals surface area contributed by atoms with Crippen molar-refractivity contribution in [3.05, 3.63) is 0 Å². The summed E-state index contributed by atoms with van der Waals surface area (Å²) in [7, 11) is 0. The average molecular weight is 201 g/mol. The van der Waals surface area contributed by atoms with Gasteiger partial charge in [-0.05, 0) is 19.8 Å². The normalized spacial score (nSPS) is 15.3. The van der Waals surface area contributed by atoms with Crippen molar-refractivity contribution in [2.75, 3.05) is 13.2 Å². The molecule has 0 aliphatic heterocycles. The van der Waals surface area contributed by atoms with Crippen molar-refractivity contribution in [3.63, 3.8) is 0 Å². The highest BCUT2D eigenvalue weighted by Crippen LogP contribution is 2.32. The molecule has 0 heterocycles. The summed E-state index contributed by atoms with van der Waals surface area (Å²) in [5.74, 6) is 0.155. The van der Waals surface area contributed by atoms with Gasteiger partial charge in [0, 0.05) is 6.54 Å². The van der Waals surface area contributed by atoms with Crippen LogP contribution in [0.25, 0.3) is 0 Å². The quantitative estimate of drug-likeness (QED) is 0.668. The number of carbonyl (C=O) groups excluding carboxylic acids is 1. The molecular formula is C11H23NO2. The number of rotatable bonds is 6. The minimum Gasteiger partial charge on any atom is -0.466 e. The summed E-state index contributed by atoms with van der Waals surface area (Å²) in [5, 5.41) is 0. The molecule has 0 aromatic rings. The topological polar surface area (TPSA) is 52.3 Å². The molecule has 0 aliphatic rings. The molecule has 1 unspecified atom stereocenters. The third-order valence-electron chi connectivity index (χ3n) is 3.05. The van der Waals surface area contributed by atoms with Crippen molar-refractivity contribution in [1.29, 1.82) is 0 Å². The SMILES string of the molecule is CCOC(=O)C(C)(CN)C(CC)CC. The molecule has 84 valence electrons. The van der Waals surface area contributed by atoms with Gasteiger partial charge in [-0.15, -0.1) is 0 Å². The fraction of sp³-hybridized carbons (Fsp3) is 0.909. The van der Waals surface area contributed by atoms with Crippen LogP contribution in [-0.2, 0) is 9.53 Å². The highest BCUT2D eigenvalue weighted by molar-refractivity contribution is 5.77. The van der Waals surface area contributed by atoms with Crippen LogP contribution in [-0.4, -0.2) is 19.1 Å². The average Bonchev–Trinajstić information content (AvgIpc) is 2.19. The first kappa shape index (κ1) is 13.4. The van der Waals surface area contributed by atoms with Crippen molar-refractivity contribution >= 4 is 5.97 Å². The Bertz CT molecular complexity index is 178. The second-order valence-electron chi connectivity index (χ2n) is 3.86. The molecule has 0 rings (SSSR count). The van der Waals surface area contributed by atoms with Crippen LogP contribution in [0.5, 0.6) is 0 Å². The Kier molecular flexibility index (Phi) is 5.77. The molecule has 0 spiro atoms. The molecular weight excluding hydrogens is 178 g/mol. The molecule has 0 aromatic carbocycles. The van der Waals surface area contributed by atoms with Gasteiger partial charge in [0.15, 0.2) is 0 Å². The van der Waals surface area contributed by atoms with Crippen LogP contribution in [0.15, 0.2) is 0 Å². The number of esters is 1. The van der Waals surface area contributed by atoms with E-state index in [1.54, 1.807) is 0 Å². The Hall–Kier alpha value is -0.570. The summed E-state index contributed by atoms with van der Waals surface area (Å²) in [6.07, 6.45) is 1.92. The minimum absolute atomic E-state index is 0.156. The van der Waals surface area contributed by atoms with Gasteiger partial charge >= 0.3 is 5.97 Å². The Morgan fingerprint density at radius 1 is 1.36 bits per heavy atom. The Morgan fingerprint density at radius 3 is 2.14 bits per heavy atom. The zero-order valence-corrected chi connectivity index (χ0v) is 9.80. The maximum atomic E-state index is 11.8. The second kappa shape index (κ2) is 6.02. The lowest BCUT2D eigenvalue weighted by molar-refractivity contribution is -0.157. The van der Waals surface area contributed by atoms with E-state index in [0.29, 0.717) is 19.1 Å². The third-order valence-corrected chi connectivity index (χ3v) is 3.05. The zero-order chi connectivity index (χ0) is 11.2. The highest BCUT2D eigenvalue weighted by atomic mass is 16.5. The predicted molar refractivity (Wildman–Crippen MR) is 57.9 cm³/mol. The Balaban J connectivity index is 4.66. The van der Waals surface area contributed by atoms with E-state index in [4.69, 9.17) is 10.5 Å². The van der Waals surface area contributed by atoms with Crippen LogP contribution in [0, 0.1) is 11.3 Å². The molecule has 14 heavy (non-hydrogen) atoms. The van der Waals surface area contributed by atoms with Crippen LogP contribution in [0.2, 0.25) is 0 Å². The monoisotopic (exact) mass is 201 g/mol. The van der Waals surface area contributed by atoms with Crippen LogP contribution in [0.4, 0.5) is 0 Å². The fourth-order valence-corrected chi connectivity index (χ4v) is 1.90. The summed E-state index contributed by atoms with van der Waals surface area (Å²) in [5.41, 5.74) is 5.18. The Morgan fingerprint density at radius 2 is 1.86 bits per heavy atom. The van der Waals surface area contributed by atoms with Crippen LogP contribution in [0.3, 0.4) is 0 Å². The smallest absolute Gasteiger partial charge is 0.313 e. The van der Waals surface area contributed by atoms with E-state index >= 15 is 0 Å². The third kappa shape index (κ3) is 2.71. The summed E-state index contributed by atoms with van der Waals surface area (Å²) in [6.45, 7) is 8.68. The van der Waals surface area contributed by atoms with Crippen molar-refractivity contribution in [2.24, 2.45) is 17.1 Å². The minimum atomic E-state index is -0.514. The van der Waals surface area contributed by atoms with Crippen molar-refractivity contribution in [2.45, 2.75) is 40.5 Å². The number of nitrogens with two attached hydrogens (primary N) is 1. The summed E-state index contributed by atoms with van der Waals surface area (Å²) >= 11 is 0. The van der Waals surface area contributed by atoms with E-state index in [9.17, 15) is 4.79 Å². The van der Waals surface area contributed by atoms with Crippen LogP contribution >= 0.6 is 0 Å². The maximum Gasteiger partial charge on any atom is 0.313 e. The molecule has 3 nitrogen and oxygen atoms in total. The van der Waals surface area contributed by atoms with E-state index in [1.165, 1.54) is 0 Å². The van der Waals surface area contributed by atoms with Gasteiger partial charge in [0.25, 0.3) is 0 Å². The number of carbonyl (C=O) groups is 1. The van der Waals surface area contributed by atoms with Crippen molar-refractivity contribution < 1.29 is 9.53 Å². The number of hydrogen-bond donors (Lipinski definition) is 1. The molecule has 0 aromatic heterocycles. The van der Waals surface area contributed by atoms with Crippen LogP contribution < -0.4 is 5.73 Å². The Labute approximate surface area is 87.0 Å². The molecule has 1 atom stereocenters. The lowest BCUT2D eigenvalue weighted by Gasteiger charge is -2.33. The van der Waals surface area contributed by atoms with E-state index in [2.05, 4.69) is 13.8 Å². The van der Waals surface area contributed by atoms with E-state index in [1.807, 2.05) is 13.8 Å². The van der Waals surface area contributed by atoms with Crippen LogP contribution in [0.1, 0.15) is 40.5 Å². The standard InChI is InChI=1S/C11H23NO2/c1-5-9(6-2)11(4,8-12)10(13)14-7-3/h9H,5-8,12H2,1-4H3. The molecule has 0 bridgehead atoms. The first-order valence-electron chi connectivity index (χ1n) is 5.44. The first-order chi connectivity index (χ1) is 6.56. The van der Waals surface area contributed by atoms with Gasteiger partial charge in [-0.2, -0.15) is 0 Å². The van der Waals surface area contributed by atoms with Gasteiger partial charge in [0.2, 0.25) is 0 Å². The lowest BCUT2D eigenvalue weighted by atomic mass is 9.74. The molecule has 3 heteroatoms. The van der Waals surface area contributed by atoms with E-state index in [-0.39, 0.29) is 5.97 Å². The molecule has 2 N–H and O–H groups in total. The maximum absolute atomic E-state index is 11.8. The van der Waals surface area contributed by atoms with Gasteiger partial charge in [-0.25, -0.2) is 0 Å². The largest absolute Gasteiger partial charge is 0.466 e. The second-order valence-corrected chi connectivity index (χ2v) is 3.86. The summed E-state index contributed by atoms with van der Waals surface area (Å²) < 4.78 is 5.06. The molecule has 0 saturated carbocycles. The van der Waals surface area contributed by atoms with Gasteiger partial charge in [-0.1, -0.05) is 26.7 Å². The summed E-state index contributed by atoms with van der Waals surface area (Å²) in [4.78, 5) is 11.8. The highest BCUT2D eigenvalue weighted by Gasteiger charge is 2.39. The fourth-order valence-electron chi connectivity index (χ4n) is 1.90. The molecule has 0 radical (unpaired) electrons. The lowest BCUT2D eigenvalue weighted by Crippen LogP contribution is -2.43. The van der Waals surface area contributed by atoms with Gasteiger partial charge < -0.3 is 10.5 Å². The summed E-state index contributed by atoms with van der Waals surface area (Å²) in [6, 6.07) is 0. The predicted octanol–water partition coefficient (Wildman–Crippen LogP) is 1.95. The molecule has 0 fully saturated rings. The number of ether oxygens (including phenoxy) is 1. The zero-order valence-electron chi connectivity index (χ0n) is 9.80. The molecule has 0 aliphatic carbocycles. The van der Waals surface area contributed by atoms with E-state index in [0.717, 1.165) is 12.8 Å². The van der Waals surface area contributed by atoms with Gasteiger partial charge in [0.1, 0.15) is 0 Å². The molecule has 0 saturated heterocycles. The first-order valence-corrected chi connectivity index (χ1v) is 5.44. The van der Waals surface area contributed by atoms with Crippen molar-refractivity contribution in [3.8, 4) is 0 Å². The van der Waals surface area contributed by atoms with Crippen molar-refractivity contribution in [1.82, 2.24) is 0 Å².